The van der Waals surface area contributed by atoms with Crippen molar-refractivity contribution in [2.24, 2.45) is 0 Å². The van der Waals surface area contributed by atoms with E-state index in [-0.39, 0.29) is 17.4 Å². The van der Waals surface area contributed by atoms with Crippen molar-refractivity contribution in [3.63, 3.8) is 0 Å². The van der Waals surface area contributed by atoms with Crippen molar-refractivity contribution in [2.75, 3.05) is 5.32 Å². The molecule has 9 heteroatoms. The maximum Gasteiger partial charge on any atom is 0.278 e. The molecule has 1 N–H and O–H groups in total. The number of carbonyl (C=O) groups is 1. The van der Waals surface area contributed by atoms with E-state index in [0.29, 0.717) is 27.6 Å². The van der Waals surface area contributed by atoms with E-state index < -0.39 is 0 Å². The summed E-state index contributed by atoms with van der Waals surface area (Å²) in [6.45, 7) is 3.05. The number of anilines is 1. The number of hydrogen-bond acceptors (Lipinski definition) is 3. The molecule has 0 radical (unpaired) electrons. The van der Waals surface area contributed by atoms with E-state index in [1.165, 1.54) is 0 Å². The van der Waals surface area contributed by atoms with Crippen LogP contribution in [-0.4, -0.2) is 25.5 Å². The molecule has 1 amide bonds. The van der Waals surface area contributed by atoms with Crippen molar-refractivity contribution in [3.05, 3.63) is 62.4 Å². The van der Waals surface area contributed by atoms with Crippen molar-refractivity contribution in [2.45, 2.75) is 20.0 Å². The Balaban J connectivity index is 1.77. The highest BCUT2D eigenvalue weighted by molar-refractivity contribution is 9.10. The molecule has 1 aromatic carbocycles. The van der Waals surface area contributed by atoms with Crippen molar-refractivity contribution < 1.29 is 4.79 Å². The van der Waals surface area contributed by atoms with Gasteiger partial charge in [0.2, 0.25) is 0 Å². The van der Waals surface area contributed by atoms with Gasteiger partial charge in [0.1, 0.15) is 5.02 Å². The van der Waals surface area contributed by atoms with Crippen molar-refractivity contribution in [1.82, 2.24) is 19.6 Å². The van der Waals surface area contributed by atoms with Crippen molar-refractivity contribution in [3.8, 4) is 0 Å². The Morgan fingerprint density at radius 1 is 1.16 bits per heavy atom. The maximum absolute atomic E-state index is 12.4. The average molecular weight is 443 g/mol. The van der Waals surface area contributed by atoms with Gasteiger partial charge in [0.15, 0.2) is 11.5 Å². The second kappa shape index (κ2) is 7.59. The average Bonchev–Trinajstić information content (AvgIpc) is 3.12. The Morgan fingerprint density at radius 2 is 1.92 bits per heavy atom. The first kappa shape index (κ1) is 18.0. The second-order valence-electron chi connectivity index (χ2n) is 5.25. The molecule has 25 heavy (non-hydrogen) atoms. The topological polar surface area (TPSA) is 64.7 Å². The molecular formula is C16H14BrCl2N5O. The van der Waals surface area contributed by atoms with Gasteiger partial charge in [-0.1, -0.05) is 41.4 Å². The van der Waals surface area contributed by atoms with Crippen LogP contribution in [0.1, 0.15) is 23.0 Å². The van der Waals surface area contributed by atoms with Gasteiger partial charge >= 0.3 is 0 Å². The number of amides is 1. The van der Waals surface area contributed by atoms with Crippen LogP contribution in [0.2, 0.25) is 10.0 Å². The zero-order chi connectivity index (χ0) is 18.0. The molecule has 0 fully saturated rings. The van der Waals surface area contributed by atoms with Gasteiger partial charge in [0.05, 0.1) is 11.0 Å². The number of aromatic nitrogens is 4. The number of rotatable bonds is 5. The van der Waals surface area contributed by atoms with Gasteiger partial charge < -0.3 is 5.32 Å². The van der Waals surface area contributed by atoms with Gasteiger partial charge in [-0.05, 0) is 34.5 Å². The van der Waals surface area contributed by atoms with E-state index in [9.17, 15) is 4.79 Å². The van der Waals surface area contributed by atoms with E-state index in [2.05, 4.69) is 31.4 Å². The molecule has 0 spiro atoms. The Morgan fingerprint density at radius 3 is 2.60 bits per heavy atom. The Kier molecular flexibility index (Phi) is 5.46. The molecule has 6 nitrogen and oxygen atoms in total. The van der Waals surface area contributed by atoms with Crippen LogP contribution in [0.15, 0.2) is 41.1 Å². The SMILES string of the molecule is CCn1cc(Br)c(C(=O)Nc2nn(Cc3ccccc3Cl)cc2Cl)n1. The minimum atomic E-state index is -0.385. The fourth-order valence-electron chi connectivity index (χ4n) is 2.24. The third kappa shape index (κ3) is 4.05. The third-order valence-electron chi connectivity index (χ3n) is 3.50. The second-order valence-corrected chi connectivity index (χ2v) is 6.92. The fraction of sp³-hybridized carbons (Fsp3) is 0.188. The van der Waals surface area contributed by atoms with Gasteiger partial charge in [-0.25, -0.2) is 0 Å². The number of nitrogens with one attached hydrogen (secondary N) is 1. The summed E-state index contributed by atoms with van der Waals surface area (Å²) in [5, 5.41) is 12.2. The zero-order valence-electron chi connectivity index (χ0n) is 13.2. The first-order valence-electron chi connectivity index (χ1n) is 7.48. The monoisotopic (exact) mass is 441 g/mol. The number of benzene rings is 1. The highest BCUT2D eigenvalue weighted by Gasteiger charge is 2.18. The van der Waals surface area contributed by atoms with Crippen LogP contribution in [0.4, 0.5) is 5.82 Å². The third-order valence-corrected chi connectivity index (χ3v) is 4.72. The normalized spacial score (nSPS) is 10.9. The summed E-state index contributed by atoms with van der Waals surface area (Å²) >= 11 is 15.7. The fourth-order valence-corrected chi connectivity index (χ4v) is 3.13. The summed E-state index contributed by atoms with van der Waals surface area (Å²) in [4.78, 5) is 12.4. The van der Waals surface area contributed by atoms with Gasteiger partial charge in [0, 0.05) is 24.0 Å². The van der Waals surface area contributed by atoms with Gasteiger partial charge in [0.25, 0.3) is 5.91 Å². The molecule has 3 aromatic rings. The van der Waals surface area contributed by atoms with Crippen LogP contribution in [0.3, 0.4) is 0 Å². The summed E-state index contributed by atoms with van der Waals surface area (Å²) in [5.74, 6) is -0.111. The lowest BCUT2D eigenvalue weighted by Crippen LogP contribution is -2.15. The van der Waals surface area contributed by atoms with Crippen molar-refractivity contribution >= 4 is 50.9 Å². The van der Waals surface area contributed by atoms with Gasteiger partial charge in [-0.3, -0.25) is 14.2 Å². The Hall–Kier alpha value is -1.83. The number of hydrogen-bond donors (Lipinski definition) is 1. The van der Waals surface area contributed by atoms with Crippen LogP contribution >= 0.6 is 39.1 Å². The molecule has 2 aromatic heterocycles. The summed E-state index contributed by atoms with van der Waals surface area (Å²) < 4.78 is 3.90. The highest BCUT2D eigenvalue weighted by atomic mass is 79.9. The molecule has 130 valence electrons. The largest absolute Gasteiger partial charge is 0.302 e. The Labute approximate surface area is 162 Å². The first-order chi connectivity index (χ1) is 12.0. The lowest BCUT2D eigenvalue weighted by atomic mass is 10.2. The molecule has 0 atom stereocenters. The highest BCUT2D eigenvalue weighted by Crippen LogP contribution is 2.23. The molecule has 0 unspecified atom stereocenters. The first-order valence-corrected chi connectivity index (χ1v) is 9.03. The van der Waals surface area contributed by atoms with Crippen LogP contribution in [0, 0.1) is 0 Å². The minimum Gasteiger partial charge on any atom is -0.302 e. The molecule has 0 bridgehead atoms. The number of aryl methyl sites for hydroxylation is 1. The molecule has 0 aliphatic rings. The van der Waals surface area contributed by atoms with Crippen LogP contribution in [0.25, 0.3) is 0 Å². The van der Waals surface area contributed by atoms with E-state index in [4.69, 9.17) is 23.2 Å². The predicted octanol–water partition coefficient (Wildman–Crippen LogP) is 4.47. The van der Waals surface area contributed by atoms with E-state index in [1.54, 1.807) is 21.8 Å². The molecule has 2 heterocycles. The summed E-state index contributed by atoms with van der Waals surface area (Å²) in [6.07, 6.45) is 3.38. The minimum absolute atomic E-state index is 0.275. The summed E-state index contributed by atoms with van der Waals surface area (Å²) in [6, 6.07) is 7.48. The van der Waals surface area contributed by atoms with E-state index >= 15 is 0 Å². The van der Waals surface area contributed by atoms with E-state index in [0.717, 1.165) is 5.56 Å². The van der Waals surface area contributed by atoms with Gasteiger partial charge in [-0.15, -0.1) is 0 Å². The maximum atomic E-state index is 12.4. The molecule has 0 aliphatic heterocycles. The molecular weight excluding hydrogens is 429 g/mol. The standard InChI is InChI=1S/C16H14BrCl2N5O/c1-2-23-8-11(17)14(21-23)16(25)20-15-13(19)9-24(22-15)7-10-5-3-4-6-12(10)18/h3-6,8-9H,2,7H2,1H3,(H,20,22,25). The van der Waals surface area contributed by atoms with Crippen molar-refractivity contribution in [1.29, 1.82) is 0 Å². The number of nitrogens with zero attached hydrogens (tertiary/aromatic N) is 4. The number of halogens is 3. The van der Waals surface area contributed by atoms with E-state index in [1.807, 2.05) is 31.2 Å². The Bertz CT molecular complexity index is 921. The molecule has 0 aliphatic carbocycles. The summed E-state index contributed by atoms with van der Waals surface area (Å²) in [5.41, 5.74) is 1.18. The lowest BCUT2D eigenvalue weighted by molar-refractivity contribution is 0.102. The van der Waals surface area contributed by atoms with Crippen LogP contribution in [0.5, 0.6) is 0 Å². The summed E-state index contributed by atoms with van der Waals surface area (Å²) in [7, 11) is 0. The lowest BCUT2D eigenvalue weighted by Gasteiger charge is -2.04. The quantitative estimate of drug-likeness (QED) is 0.633. The zero-order valence-corrected chi connectivity index (χ0v) is 16.3. The molecule has 3 rings (SSSR count). The predicted molar refractivity (Wildman–Crippen MR) is 101 cm³/mol. The van der Waals surface area contributed by atoms with Crippen LogP contribution < -0.4 is 5.32 Å². The van der Waals surface area contributed by atoms with Crippen LogP contribution in [-0.2, 0) is 13.1 Å². The molecule has 0 saturated heterocycles. The molecule has 0 saturated carbocycles. The smallest absolute Gasteiger partial charge is 0.278 e. The number of carbonyl (C=O) groups excluding carboxylic acids is 1. The van der Waals surface area contributed by atoms with Gasteiger partial charge in [-0.2, -0.15) is 10.2 Å².